The van der Waals surface area contributed by atoms with Gasteiger partial charge in [0.2, 0.25) is 0 Å². The summed E-state index contributed by atoms with van der Waals surface area (Å²) in [6.45, 7) is 13.3. The van der Waals surface area contributed by atoms with Crippen molar-refractivity contribution in [2.45, 2.75) is 47.0 Å². The highest BCUT2D eigenvalue weighted by Gasteiger charge is 2.11. The van der Waals surface area contributed by atoms with Crippen molar-refractivity contribution in [2.24, 2.45) is 0 Å². The lowest BCUT2D eigenvalue weighted by Gasteiger charge is -2.19. The van der Waals surface area contributed by atoms with Crippen molar-refractivity contribution >= 4 is 0 Å². The molecule has 0 bridgehead atoms. The Labute approximate surface area is 100 Å². The lowest BCUT2D eigenvalue weighted by molar-refractivity contribution is 0.605. The third kappa shape index (κ3) is 3.34. The van der Waals surface area contributed by atoms with Crippen LogP contribution in [0, 0.1) is 20.8 Å². The first-order chi connectivity index (χ1) is 7.56. The second-order valence-electron chi connectivity index (χ2n) is 4.92. The molecule has 1 N–H and O–H groups in total. The molecule has 1 nitrogen and oxygen atoms in total. The van der Waals surface area contributed by atoms with Crippen molar-refractivity contribution in [1.29, 1.82) is 0 Å². The van der Waals surface area contributed by atoms with Gasteiger partial charge in [-0.3, -0.25) is 0 Å². The molecule has 1 rings (SSSR count). The molecule has 1 unspecified atom stereocenters. The number of rotatable bonds is 5. The number of aryl methyl sites for hydroxylation is 3. The maximum Gasteiger partial charge on any atom is 0.00176 e. The Morgan fingerprint density at radius 1 is 1.12 bits per heavy atom. The highest BCUT2D eigenvalue weighted by atomic mass is 14.8. The van der Waals surface area contributed by atoms with Gasteiger partial charge in [-0.2, -0.15) is 0 Å². The van der Waals surface area contributed by atoms with Crippen LogP contribution in [-0.2, 0) is 0 Å². The van der Waals surface area contributed by atoms with Gasteiger partial charge in [0.05, 0.1) is 0 Å². The monoisotopic (exact) mass is 219 g/mol. The molecule has 1 aromatic carbocycles. The summed E-state index contributed by atoms with van der Waals surface area (Å²) in [7, 11) is 0. The molecule has 1 heteroatoms. The van der Waals surface area contributed by atoms with E-state index in [1.54, 1.807) is 0 Å². The summed E-state index contributed by atoms with van der Waals surface area (Å²) < 4.78 is 0. The maximum absolute atomic E-state index is 3.50. The highest BCUT2D eigenvalue weighted by molar-refractivity contribution is 5.39. The Morgan fingerprint density at radius 3 is 2.19 bits per heavy atom. The second-order valence-corrected chi connectivity index (χ2v) is 4.92. The van der Waals surface area contributed by atoms with E-state index in [1.807, 2.05) is 0 Å². The van der Waals surface area contributed by atoms with Crippen molar-refractivity contribution in [3.63, 3.8) is 0 Å². The summed E-state index contributed by atoms with van der Waals surface area (Å²) in [5.41, 5.74) is 5.76. The van der Waals surface area contributed by atoms with Crippen LogP contribution in [0.1, 0.15) is 48.4 Å². The van der Waals surface area contributed by atoms with Crippen LogP contribution in [0.25, 0.3) is 0 Å². The Morgan fingerprint density at radius 2 is 1.69 bits per heavy atom. The molecule has 0 spiro atoms. The molecule has 90 valence electrons. The number of hydrogen-bond donors (Lipinski definition) is 1. The van der Waals surface area contributed by atoms with Crippen LogP contribution in [0.4, 0.5) is 0 Å². The lowest BCUT2D eigenvalue weighted by atomic mass is 9.90. The quantitative estimate of drug-likeness (QED) is 0.744. The predicted octanol–water partition coefficient (Wildman–Crippen LogP) is 3.71. The van der Waals surface area contributed by atoms with Crippen molar-refractivity contribution < 1.29 is 0 Å². The maximum atomic E-state index is 3.50. The van der Waals surface area contributed by atoms with E-state index in [2.05, 4.69) is 52.1 Å². The van der Waals surface area contributed by atoms with Crippen LogP contribution in [-0.4, -0.2) is 13.1 Å². The molecule has 1 aromatic rings. The smallest absolute Gasteiger partial charge is 0.00176 e. The number of nitrogens with one attached hydrogen (secondary N) is 1. The van der Waals surface area contributed by atoms with Gasteiger partial charge in [-0.05, 0) is 56.3 Å². The molecule has 0 radical (unpaired) electrons. The minimum atomic E-state index is 0.604. The molecule has 0 fully saturated rings. The Balaban J connectivity index is 2.78. The van der Waals surface area contributed by atoms with Gasteiger partial charge in [0.15, 0.2) is 0 Å². The van der Waals surface area contributed by atoms with Gasteiger partial charge in [0.1, 0.15) is 0 Å². The second kappa shape index (κ2) is 6.05. The normalized spacial score (nSPS) is 12.8. The van der Waals surface area contributed by atoms with E-state index in [-0.39, 0.29) is 0 Å². The molecule has 0 aliphatic carbocycles. The number of benzene rings is 1. The predicted molar refractivity (Wildman–Crippen MR) is 72.2 cm³/mol. The van der Waals surface area contributed by atoms with Crippen LogP contribution in [0.2, 0.25) is 0 Å². The molecule has 0 aliphatic heterocycles. The van der Waals surface area contributed by atoms with E-state index in [0.717, 1.165) is 13.1 Å². The molecular formula is C15H25N. The molecule has 0 saturated heterocycles. The summed E-state index contributed by atoms with van der Waals surface area (Å²) in [5.74, 6) is 0.604. The zero-order valence-corrected chi connectivity index (χ0v) is 11.4. The first kappa shape index (κ1) is 13.2. The molecular weight excluding hydrogens is 194 g/mol. The third-order valence-corrected chi connectivity index (χ3v) is 3.11. The molecule has 16 heavy (non-hydrogen) atoms. The fourth-order valence-electron chi connectivity index (χ4n) is 2.57. The third-order valence-electron chi connectivity index (χ3n) is 3.11. The van der Waals surface area contributed by atoms with Gasteiger partial charge in [0.25, 0.3) is 0 Å². The van der Waals surface area contributed by atoms with E-state index < -0.39 is 0 Å². The van der Waals surface area contributed by atoms with E-state index in [4.69, 9.17) is 0 Å². The van der Waals surface area contributed by atoms with Gasteiger partial charge in [-0.1, -0.05) is 31.5 Å². The topological polar surface area (TPSA) is 12.0 Å². The summed E-state index contributed by atoms with van der Waals surface area (Å²) in [5, 5.41) is 3.50. The molecule has 0 aliphatic rings. The van der Waals surface area contributed by atoms with Gasteiger partial charge in [-0.15, -0.1) is 0 Å². The highest BCUT2D eigenvalue weighted by Crippen LogP contribution is 2.24. The molecule has 0 amide bonds. The van der Waals surface area contributed by atoms with Crippen LogP contribution >= 0.6 is 0 Å². The number of hydrogen-bond acceptors (Lipinski definition) is 1. The molecule has 0 heterocycles. The van der Waals surface area contributed by atoms with Crippen LogP contribution in [0.3, 0.4) is 0 Å². The van der Waals surface area contributed by atoms with Gasteiger partial charge in [-0.25, -0.2) is 0 Å². The summed E-state index contributed by atoms with van der Waals surface area (Å²) in [6, 6.07) is 4.58. The first-order valence-electron chi connectivity index (χ1n) is 6.34. The van der Waals surface area contributed by atoms with E-state index in [1.165, 1.54) is 28.7 Å². The van der Waals surface area contributed by atoms with E-state index in [0.29, 0.717) is 5.92 Å². The van der Waals surface area contributed by atoms with Crippen LogP contribution in [0.15, 0.2) is 12.1 Å². The fraction of sp³-hybridized carbons (Fsp3) is 0.600. The summed E-state index contributed by atoms with van der Waals surface area (Å²) >= 11 is 0. The average molecular weight is 219 g/mol. The minimum absolute atomic E-state index is 0.604. The van der Waals surface area contributed by atoms with Crippen molar-refractivity contribution in [3.05, 3.63) is 34.4 Å². The Hall–Kier alpha value is -0.820. The van der Waals surface area contributed by atoms with Crippen LogP contribution in [0.5, 0.6) is 0 Å². The SMILES string of the molecule is CCCNCC(C)c1c(C)cc(C)cc1C. The Kier molecular flexibility index (Phi) is 5.01. The largest absolute Gasteiger partial charge is 0.316 e. The minimum Gasteiger partial charge on any atom is -0.316 e. The van der Waals surface area contributed by atoms with E-state index in [9.17, 15) is 0 Å². The van der Waals surface area contributed by atoms with Crippen molar-refractivity contribution in [2.75, 3.05) is 13.1 Å². The van der Waals surface area contributed by atoms with Gasteiger partial charge in [0, 0.05) is 6.54 Å². The zero-order valence-electron chi connectivity index (χ0n) is 11.4. The standard InChI is InChI=1S/C15H25N/c1-6-7-16-10-14(5)15-12(3)8-11(2)9-13(15)4/h8-9,14,16H,6-7,10H2,1-5H3. The zero-order chi connectivity index (χ0) is 12.1. The van der Waals surface area contributed by atoms with Gasteiger partial charge < -0.3 is 5.32 Å². The fourth-order valence-corrected chi connectivity index (χ4v) is 2.57. The first-order valence-corrected chi connectivity index (χ1v) is 6.34. The van der Waals surface area contributed by atoms with Crippen molar-refractivity contribution in [1.82, 2.24) is 5.32 Å². The van der Waals surface area contributed by atoms with Gasteiger partial charge >= 0.3 is 0 Å². The molecule has 1 atom stereocenters. The average Bonchev–Trinajstić information content (AvgIpc) is 2.16. The summed E-state index contributed by atoms with van der Waals surface area (Å²) in [4.78, 5) is 0. The van der Waals surface area contributed by atoms with Crippen molar-refractivity contribution in [3.8, 4) is 0 Å². The Bertz CT molecular complexity index is 318. The lowest BCUT2D eigenvalue weighted by Crippen LogP contribution is -2.21. The van der Waals surface area contributed by atoms with Crippen LogP contribution < -0.4 is 5.32 Å². The summed E-state index contributed by atoms with van der Waals surface area (Å²) in [6.07, 6.45) is 1.21. The van der Waals surface area contributed by atoms with E-state index >= 15 is 0 Å². The molecule has 0 saturated carbocycles. The molecule has 0 aromatic heterocycles.